The molecule has 3 atom stereocenters. The highest BCUT2D eigenvalue weighted by Crippen LogP contribution is 2.46. The molecule has 1 aromatic rings. The van der Waals surface area contributed by atoms with E-state index in [4.69, 9.17) is 22.7 Å². The number of nitrogens with one attached hydrogen (secondary N) is 1. The Kier molecular flexibility index (Phi) is 3.56. The van der Waals surface area contributed by atoms with E-state index in [1.54, 1.807) is 0 Å². The largest absolute Gasteiger partial charge is 0.399 e. The molecule has 0 radical (unpaired) electrons. The summed E-state index contributed by atoms with van der Waals surface area (Å²) in [6.45, 7) is -1.21. The third-order valence-electron chi connectivity index (χ3n) is 4.40. The summed E-state index contributed by atoms with van der Waals surface area (Å²) in [6.07, 6.45) is -0.259. The van der Waals surface area contributed by atoms with E-state index in [2.05, 4.69) is 5.32 Å². The van der Waals surface area contributed by atoms with Crippen LogP contribution in [0, 0.1) is 17.6 Å². The molecule has 0 bridgehead atoms. The number of nitrogen functional groups attached to an aromatic ring is 1. The van der Waals surface area contributed by atoms with Crippen molar-refractivity contribution in [3.8, 4) is 0 Å². The van der Waals surface area contributed by atoms with Gasteiger partial charge in [-0.3, -0.25) is 0 Å². The smallest absolute Gasteiger partial charge is 0.189 e. The molecule has 0 spiro atoms. The summed E-state index contributed by atoms with van der Waals surface area (Å²) in [7, 11) is 0. The zero-order valence-corrected chi connectivity index (χ0v) is 12.3. The Bertz CT molecular complexity index is 644. The van der Waals surface area contributed by atoms with Crippen LogP contribution in [0.25, 0.3) is 0 Å². The van der Waals surface area contributed by atoms with Crippen LogP contribution in [0.5, 0.6) is 0 Å². The van der Waals surface area contributed by atoms with Crippen LogP contribution in [-0.4, -0.2) is 30.5 Å². The Morgan fingerprint density at radius 2 is 2.14 bits per heavy atom. The fourth-order valence-electron chi connectivity index (χ4n) is 3.21. The maximum atomic E-state index is 14.5. The van der Waals surface area contributed by atoms with Crippen LogP contribution in [-0.2, 0) is 10.3 Å². The minimum absolute atomic E-state index is 0.0278. The number of nitrogens with two attached hydrogens (primary N) is 1. The molecule has 0 aliphatic carbocycles. The Balaban J connectivity index is 2.11. The van der Waals surface area contributed by atoms with Crippen molar-refractivity contribution >= 4 is 22.9 Å². The van der Waals surface area contributed by atoms with Gasteiger partial charge in [0.05, 0.1) is 18.8 Å². The molecule has 22 heavy (non-hydrogen) atoms. The van der Waals surface area contributed by atoms with Crippen molar-refractivity contribution < 1.29 is 22.3 Å². The Hall–Kier alpha value is -1.41. The van der Waals surface area contributed by atoms with Gasteiger partial charge in [0.15, 0.2) is 17.3 Å². The number of anilines is 1. The fourth-order valence-corrected chi connectivity index (χ4v) is 3.53. The first kappa shape index (κ1) is 15.5. The van der Waals surface area contributed by atoms with E-state index in [1.165, 1.54) is 6.07 Å². The van der Waals surface area contributed by atoms with Crippen molar-refractivity contribution in [1.82, 2.24) is 5.32 Å². The summed E-state index contributed by atoms with van der Waals surface area (Å²) in [5.41, 5.74) is 2.00. The van der Waals surface area contributed by atoms with Gasteiger partial charge < -0.3 is 15.8 Å². The van der Waals surface area contributed by atoms with E-state index in [1.807, 2.05) is 0 Å². The van der Waals surface area contributed by atoms with Crippen molar-refractivity contribution in [2.75, 3.05) is 25.6 Å². The normalized spacial score (nSPS) is 34.4. The molecule has 0 amide bonds. The van der Waals surface area contributed by atoms with Crippen molar-refractivity contribution in [3.63, 3.8) is 0 Å². The van der Waals surface area contributed by atoms with Gasteiger partial charge in [0.2, 0.25) is 0 Å². The van der Waals surface area contributed by atoms with E-state index in [-0.39, 0.29) is 35.9 Å². The van der Waals surface area contributed by atoms with Crippen molar-refractivity contribution in [1.29, 1.82) is 0 Å². The molecule has 1 aromatic carbocycles. The quantitative estimate of drug-likeness (QED) is 0.495. The molecule has 2 saturated heterocycles. The predicted octanol–water partition coefficient (Wildman–Crippen LogP) is 2.39. The summed E-state index contributed by atoms with van der Waals surface area (Å²) in [6, 6.07) is 2.14. The van der Waals surface area contributed by atoms with Crippen LogP contribution >= 0.6 is 12.2 Å². The van der Waals surface area contributed by atoms with Crippen LogP contribution < -0.4 is 11.1 Å². The van der Waals surface area contributed by atoms with Gasteiger partial charge in [0.25, 0.3) is 0 Å². The van der Waals surface area contributed by atoms with Crippen molar-refractivity contribution in [2.45, 2.75) is 17.6 Å². The molecular weight excluding hydrogens is 320 g/mol. The first-order valence-corrected chi connectivity index (χ1v) is 7.13. The van der Waals surface area contributed by atoms with Gasteiger partial charge in [-0.2, -0.15) is 0 Å². The third-order valence-corrected chi connectivity index (χ3v) is 4.87. The minimum atomic E-state index is -2.31. The number of halogens is 4. The highest BCUT2D eigenvalue weighted by molar-refractivity contribution is 7.80. The van der Waals surface area contributed by atoms with Crippen LogP contribution in [0.15, 0.2) is 12.1 Å². The topological polar surface area (TPSA) is 47.3 Å². The van der Waals surface area contributed by atoms with Crippen molar-refractivity contribution in [3.05, 3.63) is 29.3 Å². The van der Waals surface area contributed by atoms with Crippen LogP contribution in [0.1, 0.15) is 12.0 Å². The lowest BCUT2D eigenvalue weighted by Crippen LogP contribution is -2.63. The summed E-state index contributed by atoms with van der Waals surface area (Å²) in [4.78, 5) is -0.362. The van der Waals surface area contributed by atoms with Crippen LogP contribution in [0.3, 0.4) is 0 Å². The average molecular weight is 334 g/mol. The van der Waals surface area contributed by atoms with Crippen molar-refractivity contribution in [2.24, 2.45) is 5.92 Å². The predicted molar refractivity (Wildman–Crippen MR) is 76.9 cm³/mol. The SMILES string of the molecule is Nc1cc(F)c(F)c([C@]23COC[C@H]2CC(F)(CF)C(=S)N3)c1. The summed E-state index contributed by atoms with van der Waals surface area (Å²) in [5, 5.41) is 2.67. The van der Waals surface area contributed by atoms with E-state index in [0.717, 1.165) is 6.07 Å². The molecule has 3 rings (SSSR count). The number of hydrogen-bond donors (Lipinski definition) is 2. The molecule has 8 heteroatoms. The second-order valence-corrected chi connectivity index (χ2v) is 6.21. The highest BCUT2D eigenvalue weighted by Gasteiger charge is 2.57. The maximum absolute atomic E-state index is 14.5. The number of ether oxygens (including phenoxy) is 1. The molecule has 2 aliphatic heterocycles. The molecule has 3 N–H and O–H groups in total. The van der Waals surface area contributed by atoms with Gasteiger partial charge in [0, 0.05) is 17.2 Å². The first-order valence-electron chi connectivity index (χ1n) is 6.72. The molecular formula is C14H14F4N2OS. The van der Waals surface area contributed by atoms with Crippen LogP contribution in [0.2, 0.25) is 0 Å². The monoisotopic (exact) mass is 334 g/mol. The summed E-state index contributed by atoms with van der Waals surface area (Å²) in [5.74, 6) is -2.78. The Labute approximate surface area is 129 Å². The molecule has 2 aliphatic rings. The minimum Gasteiger partial charge on any atom is -0.399 e. The molecule has 3 nitrogen and oxygen atoms in total. The number of alkyl halides is 2. The lowest BCUT2D eigenvalue weighted by atomic mass is 9.72. The fraction of sp³-hybridized carbons (Fsp3) is 0.500. The number of benzene rings is 1. The Morgan fingerprint density at radius 3 is 2.82 bits per heavy atom. The number of fused-ring (bicyclic) bond motifs is 1. The van der Waals surface area contributed by atoms with E-state index in [0.29, 0.717) is 0 Å². The van der Waals surface area contributed by atoms with Gasteiger partial charge in [-0.15, -0.1) is 0 Å². The second-order valence-electron chi connectivity index (χ2n) is 5.80. The van der Waals surface area contributed by atoms with Gasteiger partial charge in [-0.25, -0.2) is 17.6 Å². The zero-order chi connectivity index (χ0) is 16.1. The molecule has 0 aromatic heterocycles. The van der Waals surface area contributed by atoms with Gasteiger partial charge in [0.1, 0.15) is 11.7 Å². The zero-order valence-electron chi connectivity index (χ0n) is 11.5. The first-order chi connectivity index (χ1) is 10.3. The summed E-state index contributed by atoms with van der Waals surface area (Å²) < 4.78 is 60.7. The number of rotatable bonds is 2. The number of piperidine rings is 1. The van der Waals surface area contributed by atoms with Crippen LogP contribution in [0.4, 0.5) is 23.2 Å². The molecule has 0 saturated carbocycles. The average Bonchev–Trinajstić information content (AvgIpc) is 2.86. The van der Waals surface area contributed by atoms with E-state index >= 15 is 0 Å². The molecule has 120 valence electrons. The van der Waals surface area contributed by atoms with E-state index in [9.17, 15) is 17.6 Å². The number of thiocarbonyl (C=S) groups is 1. The van der Waals surface area contributed by atoms with E-state index < -0.39 is 35.4 Å². The Morgan fingerprint density at radius 1 is 1.41 bits per heavy atom. The van der Waals surface area contributed by atoms with Gasteiger partial charge in [-0.1, -0.05) is 12.2 Å². The van der Waals surface area contributed by atoms with Gasteiger partial charge >= 0.3 is 0 Å². The number of hydrogen-bond acceptors (Lipinski definition) is 3. The highest BCUT2D eigenvalue weighted by atomic mass is 32.1. The standard InChI is InChI=1S/C14H14F4N2OS/c15-5-13(18)3-7-4-21-6-14(7,20-12(13)22)9-1-8(19)2-10(16)11(9)17/h1-2,7H,3-6,19H2,(H,20,22)/t7-,13?,14+/m1/s1. The lowest BCUT2D eigenvalue weighted by Gasteiger charge is -2.45. The van der Waals surface area contributed by atoms with Gasteiger partial charge in [-0.05, 0) is 18.6 Å². The lowest BCUT2D eigenvalue weighted by molar-refractivity contribution is 0.105. The summed E-state index contributed by atoms with van der Waals surface area (Å²) >= 11 is 4.92. The second kappa shape index (κ2) is 5.06. The molecule has 1 unspecified atom stereocenters. The maximum Gasteiger partial charge on any atom is 0.189 e. The molecule has 2 fully saturated rings. The third kappa shape index (κ3) is 2.08. The molecule has 2 heterocycles.